The van der Waals surface area contributed by atoms with Gasteiger partial charge in [0.25, 0.3) is 0 Å². The lowest BCUT2D eigenvalue weighted by atomic mass is 9.87. The normalized spacial score (nSPS) is 20.3. The molecule has 0 atom stereocenters. The van der Waals surface area contributed by atoms with E-state index in [2.05, 4.69) is 22.0 Å². The molecule has 28 heavy (non-hydrogen) atoms. The molecule has 0 aromatic rings. The van der Waals surface area contributed by atoms with Crippen LogP contribution in [0.3, 0.4) is 0 Å². The van der Waals surface area contributed by atoms with Gasteiger partial charge in [-0.25, -0.2) is 0 Å². The first-order valence-electron chi connectivity index (χ1n) is 11.6. The molecule has 2 rings (SSSR count). The van der Waals surface area contributed by atoms with Gasteiger partial charge in [0.15, 0.2) is 0 Å². The van der Waals surface area contributed by atoms with Gasteiger partial charge < -0.3 is 20.9 Å². The predicted molar refractivity (Wildman–Crippen MR) is 114 cm³/mol. The fourth-order valence-electron chi connectivity index (χ4n) is 4.57. The van der Waals surface area contributed by atoms with Gasteiger partial charge in [0, 0.05) is 32.5 Å². The molecule has 0 radical (unpaired) electrons. The van der Waals surface area contributed by atoms with E-state index in [1.54, 1.807) is 0 Å². The van der Waals surface area contributed by atoms with Gasteiger partial charge in [0.05, 0.1) is 0 Å². The summed E-state index contributed by atoms with van der Waals surface area (Å²) < 4.78 is 0. The minimum Gasteiger partial charge on any atom is -0.370 e. The van der Waals surface area contributed by atoms with Crippen LogP contribution in [-0.4, -0.2) is 67.4 Å². The Hall–Kier alpha value is -1.14. The van der Waals surface area contributed by atoms with Crippen LogP contribution in [-0.2, 0) is 9.59 Å². The Morgan fingerprint density at radius 3 is 1.86 bits per heavy atom. The fraction of sp³-hybridized carbons (Fsp3) is 0.909. The highest BCUT2D eigenvalue weighted by atomic mass is 16.1. The summed E-state index contributed by atoms with van der Waals surface area (Å²) in [4.78, 5) is 27.5. The molecule has 2 aliphatic heterocycles. The van der Waals surface area contributed by atoms with Gasteiger partial charge in [-0.2, -0.15) is 0 Å². The van der Waals surface area contributed by atoms with Crippen molar-refractivity contribution in [1.82, 2.24) is 15.1 Å². The van der Waals surface area contributed by atoms with Gasteiger partial charge in [0.2, 0.25) is 11.8 Å². The number of carbonyl (C=O) groups excluding carboxylic acids is 2. The summed E-state index contributed by atoms with van der Waals surface area (Å²) in [7, 11) is 0. The van der Waals surface area contributed by atoms with Crippen LogP contribution in [0.4, 0.5) is 0 Å². The number of amides is 2. The fourth-order valence-corrected chi connectivity index (χ4v) is 4.57. The molecule has 0 aromatic heterocycles. The van der Waals surface area contributed by atoms with Crippen LogP contribution in [0.25, 0.3) is 0 Å². The molecular weight excluding hydrogens is 352 g/mol. The minimum atomic E-state index is -0.187. The van der Waals surface area contributed by atoms with Crippen molar-refractivity contribution in [3.8, 4) is 0 Å². The van der Waals surface area contributed by atoms with E-state index in [-0.39, 0.29) is 11.8 Å². The number of rotatable bonds is 12. The number of piperidine rings is 2. The van der Waals surface area contributed by atoms with Gasteiger partial charge >= 0.3 is 0 Å². The molecule has 0 aliphatic carbocycles. The highest BCUT2D eigenvalue weighted by Gasteiger charge is 2.22. The summed E-state index contributed by atoms with van der Waals surface area (Å²) in [6, 6.07) is 0. The highest BCUT2D eigenvalue weighted by Crippen LogP contribution is 2.27. The lowest BCUT2D eigenvalue weighted by Gasteiger charge is -2.33. The Balaban J connectivity index is 1.48. The van der Waals surface area contributed by atoms with Crippen LogP contribution >= 0.6 is 0 Å². The van der Waals surface area contributed by atoms with Crippen molar-refractivity contribution in [3.05, 3.63) is 0 Å². The lowest BCUT2D eigenvalue weighted by molar-refractivity contribution is -0.121. The number of nitrogens with one attached hydrogen (secondary N) is 1. The summed E-state index contributed by atoms with van der Waals surface area (Å²) in [5, 5.41) is 2.97. The summed E-state index contributed by atoms with van der Waals surface area (Å²) in [5.41, 5.74) is 5.24. The molecule has 0 aromatic carbocycles. The molecule has 6 nitrogen and oxygen atoms in total. The van der Waals surface area contributed by atoms with Gasteiger partial charge in [-0.3, -0.25) is 9.59 Å². The van der Waals surface area contributed by atoms with E-state index in [4.69, 9.17) is 5.73 Å². The van der Waals surface area contributed by atoms with E-state index in [1.165, 1.54) is 44.9 Å². The minimum absolute atomic E-state index is 0.187. The van der Waals surface area contributed by atoms with Crippen LogP contribution < -0.4 is 11.1 Å². The Labute approximate surface area is 171 Å². The number of hydrogen-bond donors (Lipinski definition) is 2. The maximum absolute atomic E-state index is 11.7. The van der Waals surface area contributed by atoms with Crippen molar-refractivity contribution in [1.29, 1.82) is 0 Å². The second-order valence-corrected chi connectivity index (χ2v) is 8.82. The van der Waals surface area contributed by atoms with E-state index in [0.717, 1.165) is 64.1 Å². The van der Waals surface area contributed by atoms with E-state index in [0.29, 0.717) is 12.8 Å². The number of carbonyl (C=O) groups is 2. The average molecular weight is 395 g/mol. The Kier molecular flexibility index (Phi) is 10.9. The predicted octanol–water partition coefficient (Wildman–Crippen LogP) is 2.37. The molecule has 2 fully saturated rings. The molecule has 0 bridgehead atoms. The van der Waals surface area contributed by atoms with Gasteiger partial charge in [-0.15, -0.1) is 0 Å². The molecule has 2 aliphatic rings. The molecule has 3 N–H and O–H groups in total. The first-order valence-corrected chi connectivity index (χ1v) is 11.6. The van der Waals surface area contributed by atoms with Crippen molar-refractivity contribution in [3.63, 3.8) is 0 Å². The van der Waals surface area contributed by atoms with E-state index in [9.17, 15) is 9.59 Å². The third-order valence-electron chi connectivity index (χ3n) is 6.54. The molecule has 2 amide bonds. The molecule has 0 unspecified atom stereocenters. The summed E-state index contributed by atoms with van der Waals surface area (Å²) in [5.74, 6) is 1.75. The van der Waals surface area contributed by atoms with Crippen molar-refractivity contribution >= 4 is 11.8 Å². The third kappa shape index (κ3) is 9.37. The Morgan fingerprint density at radius 2 is 1.39 bits per heavy atom. The van der Waals surface area contributed by atoms with E-state index >= 15 is 0 Å². The van der Waals surface area contributed by atoms with E-state index < -0.39 is 0 Å². The molecular formula is C22H42N4O2. The number of nitrogens with zero attached hydrogens (tertiary/aromatic N) is 2. The Morgan fingerprint density at radius 1 is 0.893 bits per heavy atom. The summed E-state index contributed by atoms with van der Waals surface area (Å²) >= 11 is 0. The zero-order chi connectivity index (χ0) is 20.2. The summed E-state index contributed by atoms with van der Waals surface area (Å²) in [6.45, 7) is 9.20. The zero-order valence-corrected chi connectivity index (χ0v) is 18.0. The standard InChI is InChI=1S/C22H42N4O2/c1-2-12-24-22(28)11-18-26-15-8-20(9-16-26)5-3-4-19-6-13-25(14-7-19)17-10-21(23)27/h19-20H,2-18H2,1H3,(H2,23,27)(H,24,28). The molecule has 2 heterocycles. The highest BCUT2D eigenvalue weighted by molar-refractivity contribution is 5.76. The first-order chi connectivity index (χ1) is 13.6. The largest absolute Gasteiger partial charge is 0.370 e. The SMILES string of the molecule is CCCNC(=O)CCN1CCC(CCCC2CCN(CCC(N)=O)CC2)CC1. The van der Waals surface area contributed by atoms with E-state index in [1.807, 2.05) is 0 Å². The van der Waals surface area contributed by atoms with Gasteiger partial charge in [0.1, 0.15) is 0 Å². The van der Waals surface area contributed by atoms with Crippen molar-refractivity contribution in [2.45, 2.75) is 71.1 Å². The average Bonchev–Trinajstić information content (AvgIpc) is 2.71. The van der Waals surface area contributed by atoms with Crippen LogP contribution in [0.5, 0.6) is 0 Å². The third-order valence-corrected chi connectivity index (χ3v) is 6.54. The first kappa shape index (κ1) is 23.1. The van der Waals surface area contributed by atoms with Gasteiger partial charge in [-0.05, 0) is 70.1 Å². The number of likely N-dealkylation sites (tertiary alicyclic amines) is 2. The van der Waals surface area contributed by atoms with Crippen LogP contribution in [0.15, 0.2) is 0 Å². The topological polar surface area (TPSA) is 78.7 Å². The quantitative estimate of drug-likeness (QED) is 0.533. The van der Waals surface area contributed by atoms with Crippen LogP contribution in [0, 0.1) is 11.8 Å². The number of nitrogens with two attached hydrogens (primary N) is 1. The summed E-state index contributed by atoms with van der Waals surface area (Å²) in [6.07, 6.45) is 11.4. The van der Waals surface area contributed by atoms with Crippen LogP contribution in [0.2, 0.25) is 0 Å². The molecule has 0 saturated carbocycles. The molecule has 162 valence electrons. The number of hydrogen-bond acceptors (Lipinski definition) is 4. The number of primary amides is 1. The van der Waals surface area contributed by atoms with Crippen LogP contribution in [0.1, 0.15) is 71.1 Å². The lowest BCUT2D eigenvalue weighted by Crippen LogP contribution is -2.37. The van der Waals surface area contributed by atoms with Gasteiger partial charge in [-0.1, -0.05) is 26.2 Å². The van der Waals surface area contributed by atoms with Crippen molar-refractivity contribution < 1.29 is 9.59 Å². The van der Waals surface area contributed by atoms with Crippen molar-refractivity contribution in [2.75, 3.05) is 45.8 Å². The Bertz CT molecular complexity index is 455. The molecule has 2 saturated heterocycles. The second-order valence-electron chi connectivity index (χ2n) is 8.82. The monoisotopic (exact) mass is 394 g/mol. The second kappa shape index (κ2) is 13.2. The zero-order valence-electron chi connectivity index (χ0n) is 18.0. The van der Waals surface area contributed by atoms with Crippen molar-refractivity contribution in [2.24, 2.45) is 17.6 Å². The maximum Gasteiger partial charge on any atom is 0.221 e. The molecule has 6 heteroatoms. The maximum atomic E-state index is 11.7. The smallest absolute Gasteiger partial charge is 0.221 e. The molecule has 0 spiro atoms.